The highest BCUT2D eigenvalue weighted by molar-refractivity contribution is 5.90. The summed E-state index contributed by atoms with van der Waals surface area (Å²) in [7, 11) is 3.80. The van der Waals surface area contributed by atoms with Gasteiger partial charge in [-0.25, -0.2) is 9.18 Å². The number of unbranched alkanes of at least 4 members (excludes halogenated alkanes) is 1. The number of nitrogens with one attached hydrogen (secondary N) is 2. The smallest absolute Gasteiger partial charge is 0.319 e. The minimum Gasteiger partial charge on any atom is -0.494 e. The third kappa shape index (κ3) is 6.53. The first-order valence-electron chi connectivity index (χ1n) is 9.61. The highest BCUT2D eigenvalue weighted by Crippen LogP contribution is 2.22. The van der Waals surface area contributed by atoms with Crippen molar-refractivity contribution in [1.82, 2.24) is 10.2 Å². The van der Waals surface area contributed by atoms with Crippen molar-refractivity contribution in [1.29, 1.82) is 0 Å². The van der Waals surface area contributed by atoms with Gasteiger partial charge in [0.05, 0.1) is 12.6 Å². The number of ether oxygens (including phenoxy) is 1. The Labute approximate surface area is 166 Å². The molecular weight excluding hydrogens is 357 g/mol. The second kappa shape index (κ2) is 10.7. The quantitative estimate of drug-likeness (QED) is 0.611. The Kier molecular flexibility index (Phi) is 8.26. The zero-order chi connectivity index (χ0) is 20.5. The van der Waals surface area contributed by atoms with Crippen LogP contribution in [0.4, 0.5) is 14.9 Å². The van der Waals surface area contributed by atoms with E-state index < -0.39 is 0 Å². The van der Waals surface area contributed by atoms with Gasteiger partial charge in [0.2, 0.25) is 0 Å². The molecule has 0 fully saturated rings. The third-order valence-corrected chi connectivity index (χ3v) is 4.53. The van der Waals surface area contributed by atoms with E-state index in [0.717, 1.165) is 35.4 Å². The molecule has 5 nitrogen and oxygen atoms in total. The summed E-state index contributed by atoms with van der Waals surface area (Å²) in [5.74, 6) is 0.515. The first-order valence-corrected chi connectivity index (χ1v) is 9.61. The number of rotatable bonds is 9. The summed E-state index contributed by atoms with van der Waals surface area (Å²) >= 11 is 0. The van der Waals surface area contributed by atoms with Crippen LogP contribution in [0.3, 0.4) is 0 Å². The molecule has 2 N–H and O–H groups in total. The number of aryl methyl sites for hydroxylation is 1. The van der Waals surface area contributed by atoms with Gasteiger partial charge in [0.15, 0.2) is 0 Å². The van der Waals surface area contributed by atoms with Crippen LogP contribution in [-0.2, 0) is 0 Å². The second-order valence-corrected chi connectivity index (χ2v) is 7.05. The van der Waals surface area contributed by atoms with Crippen LogP contribution in [0.25, 0.3) is 0 Å². The van der Waals surface area contributed by atoms with Crippen molar-refractivity contribution in [3.05, 3.63) is 59.4 Å². The molecule has 2 rings (SSSR count). The summed E-state index contributed by atoms with van der Waals surface area (Å²) in [6.45, 7) is 5.10. The lowest BCUT2D eigenvalue weighted by Gasteiger charge is -2.25. The van der Waals surface area contributed by atoms with E-state index in [-0.39, 0.29) is 17.9 Å². The molecule has 2 aromatic carbocycles. The predicted octanol–water partition coefficient (Wildman–Crippen LogP) is 4.74. The van der Waals surface area contributed by atoms with E-state index in [2.05, 4.69) is 17.6 Å². The summed E-state index contributed by atoms with van der Waals surface area (Å²) in [6.07, 6.45) is 2.10. The van der Waals surface area contributed by atoms with Crippen LogP contribution in [0.2, 0.25) is 0 Å². The van der Waals surface area contributed by atoms with Crippen LogP contribution in [0.15, 0.2) is 42.5 Å². The van der Waals surface area contributed by atoms with Crippen LogP contribution >= 0.6 is 0 Å². The van der Waals surface area contributed by atoms with Crippen molar-refractivity contribution >= 4 is 11.7 Å². The van der Waals surface area contributed by atoms with E-state index in [1.165, 1.54) is 12.1 Å². The van der Waals surface area contributed by atoms with Crippen molar-refractivity contribution in [2.24, 2.45) is 0 Å². The molecule has 0 aliphatic rings. The van der Waals surface area contributed by atoms with Gasteiger partial charge in [0, 0.05) is 12.2 Å². The van der Waals surface area contributed by atoms with E-state index in [0.29, 0.717) is 13.2 Å². The Morgan fingerprint density at radius 1 is 1.21 bits per heavy atom. The molecule has 0 aliphatic heterocycles. The third-order valence-electron chi connectivity index (χ3n) is 4.53. The zero-order valence-electron chi connectivity index (χ0n) is 17.1. The maximum atomic E-state index is 13.5. The Hall–Kier alpha value is -2.60. The lowest BCUT2D eigenvalue weighted by molar-refractivity contribution is 0.243. The fourth-order valence-corrected chi connectivity index (χ4v) is 2.87. The van der Waals surface area contributed by atoms with Crippen molar-refractivity contribution in [2.45, 2.75) is 32.7 Å². The van der Waals surface area contributed by atoms with Gasteiger partial charge in [0.1, 0.15) is 11.6 Å². The van der Waals surface area contributed by atoms with Crippen molar-refractivity contribution in [3.63, 3.8) is 0 Å². The van der Waals surface area contributed by atoms with E-state index in [4.69, 9.17) is 4.74 Å². The number of carbonyl (C=O) groups excluding carboxylic acids is 1. The summed E-state index contributed by atoms with van der Waals surface area (Å²) in [5.41, 5.74) is 2.47. The number of hydrogen-bond donors (Lipinski definition) is 2. The van der Waals surface area contributed by atoms with Crippen molar-refractivity contribution in [2.75, 3.05) is 32.6 Å². The minimum absolute atomic E-state index is 0.128. The van der Waals surface area contributed by atoms with E-state index in [9.17, 15) is 9.18 Å². The second-order valence-electron chi connectivity index (χ2n) is 7.05. The topological polar surface area (TPSA) is 53.6 Å². The van der Waals surface area contributed by atoms with E-state index in [1.807, 2.05) is 50.2 Å². The zero-order valence-corrected chi connectivity index (χ0v) is 17.1. The van der Waals surface area contributed by atoms with Crippen LogP contribution in [-0.4, -0.2) is 38.2 Å². The molecule has 0 spiro atoms. The number of halogens is 1. The maximum absolute atomic E-state index is 13.5. The highest BCUT2D eigenvalue weighted by atomic mass is 19.1. The van der Waals surface area contributed by atoms with Gasteiger partial charge in [-0.2, -0.15) is 0 Å². The number of likely N-dealkylation sites (N-methyl/N-ethyl adjacent to an activating group) is 1. The van der Waals surface area contributed by atoms with Crippen LogP contribution in [0.5, 0.6) is 5.75 Å². The Morgan fingerprint density at radius 3 is 2.64 bits per heavy atom. The van der Waals surface area contributed by atoms with Gasteiger partial charge < -0.3 is 20.3 Å². The summed E-state index contributed by atoms with van der Waals surface area (Å²) in [6, 6.07) is 11.6. The average Bonchev–Trinajstić information content (AvgIpc) is 2.64. The number of hydrogen-bond acceptors (Lipinski definition) is 3. The van der Waals surface area contributed by atoms with Gasteiger partial charge in [-0.3, -0.25) is 0 Å². The van der Waals surface area contributed by atoms with Crippen LogP contribution in [0, 0.1) is 12.7 Å². The van der Waals surface area contributed by atoms with E-state index >= 15 is 0 Å². The van der Waals surface area contributed by atoms with Crippen molar-refractivity contribution in [3.8, 4) is 5.75 Å². The summed E-state index contributed by atoms with van der Waals surface area (Å²) < 4.78 is 19.2. The molecule has 1 unspecified atom stereocenters. The van der Waals surface area contributed by atoms with Crippen molar-refractivity contribution < 1.29 is 13.9 Å². The normalized spacial score (nSPS) is 11.9. The largest absolute Gasteiger partial charge is 0.494 e. The highest BCUT2D eigenvalue weighted by Gasteiger charge is 2.16. The summed E-state index contributed by atoms with van der Waals surface area (Å²) in [5, 5.41) is 5.73. The van der Waals surface area contributed by atoms with Gasteiger partial charge >= 0.3 is 6.03 Å². The molecule has 152 valence electrons. The number of benzene rings is 2. The molecule has 0 saturated heterocycles. The fourth-order valence-electron chi connectivity index (χ4n) is 2.87. The van der Waals surface area contributed by atoms with Gasteiger partial charge in [-0.15, -0.1) is 0 Å². The van der Waals surface area contributed by atoms with Gasteiger partial charge in [0.25, 0.3) is 0 Å². The summed E-state index contributed by atoms with van der Waals surface area (Å²) in [4.78, 5) is 14.3. The number of carbonyl (C=O) groups is 1. The van der Waals surface area contributed by atoms with Gasteiger partial charge in [-0.05, 0) is 68.9 Å². The number of anilines is 1. The fraction of sp³-hybridized carbons (Fsp3) is 0.409. The Morgan fingerprint density at radius 2 is 2.00 bits per heavy atom. The molecule has 0 bridgehead atoms. The number of amides is 2. The molecule has 0 saturated carbocycles. The lowest BCUT2D eigenvalue weighted by Crippen LogP contribution is -2.37. The molecule has 1 atom stereocenters. The standard InChI is InChI=1S/C22H30FN3O2/c1-5-6-12-28-19-10-11-20(16(2)13-19)25-22(27)24-15-21(26(3)4)17-8-7-9-18(23)14-17/h7-11,13-14,21H,5-6,12,15H2,1-4H3,(H2,24,25,27). The Bertz CT molecular complexity index is 780. The van der Waals surface area contributed by atoms with Crippen LogP contribution in [0.1, 0.15) is 36.9 Å². The average molecular weight is 387 g/mol. The molecule has 28 heavy (non-hydrogen) atoms. The molecule has 0 heterocycles. The van der Waals surface area contributed by atoms with Crippen LogP contribution < -0.4 is 15.4 Å². The predicted molar refractivity (Wildman–Crippen MR) is 111 cm³/mol. The lowest BCUT2D eigenvalue weighted by atomic mass is 10.1. The number of nitrogens with zero attached hydrogens (tertiary/aromatic N) is 1. The monoisotopic (exact) mass is 387 g/mol. The molecule has 6 heteroatoms. The first-order chi connectivity index (χ1) is 13.4. The molecule has 0 aromatic heterocycles. The first kappa shape index (κ1) is 21.7. The molecule has 2 amide bonds. The molecule has 2 aromatic rings. The molecule has 0 aliphatic carbocycles. The molecule has 0 radical (unpaired) electrons. The SMILES string of the molecule is CCCCOc1ccc(NC(=O)NCC(c2cccc(F)c2)N(C)C)c(C)c1. The minimum atomic E-state index is -0.300. The van der Waals surface area contributed by atoms with E-state index in [1.54, 1.807) is 6.07 Å². The Balaban J connectivity index is 1.93. The molecular formula is C22H30FN3O2. The maximum Gasteiger partial charge on any atom is 0.319 e. The van der Waals surface area contributed by atoms with Gasteiger partial charge in [-0.1, -0.05) is 25.5 Å². The number of urea groups is 1.